The third-order valence-electron chi connectivity index (χ3n) is 20.6. The number of aliphatic hydroxyl groups excluding tert-OH is 11. The van der Waals surface area contributed by atoms with Crippen LogP contribution in [0.3, 0.4) is 0 Å². The zero-order valence-corrected chi connectivity index (χ0v) is 45.6. The Morgan fingerprint density at radius 2 is 1.36 bits per heavy atom. The van der Waals surface area contributed by atoms with Crippen LogP contribution in [0.2, 0.25) is 0 Å². The van der Waals surface area contributed by atoms with E-state index in [0.29, 0.717) is 44.1 Å². The molecule has 438 valence electrons. The van der Waals surface area contributed by atoms with Crippen LogP contribution in [0.4, 0.5) is 0 Å². The van der Waals surface area contributed by atoms with Crippen molar-refractivity contribution in [1.82, 2.24) is 0 Å². The fourth-order valence-electron chi connectivity index (χ4n) is 16.0. The number of aliphatic carboxylic acids is 1. The number of fused-ring (bicyclic) bond motifs is 7. The van der Waals surface area contributed by atoms with Gasteiger partial charge in [-0.25, -0.2) is 9.59 Å². The maximum Gasteiger partial charge on any atom is 0.335 e. The lowest BCUT2D eigenvalue weighted by Crippen LogP contribution is -2.76. The molecule has 0 aromatic rings. The number of ether oxygens (including phenoxy) is 8. The molecule has 77 heavy (non-hydrogen) atoms. The first-order valence-electron chi connectivity index (χ1n) is 27.0. The Labute approximate surface area is 448 Å². The van der Waals surface area contributed by atoms with E-state index in [2.05, 4.69) is 19.9 Å². The van der Waals surface area contributed by atoms with Crippen molar-refractivity contribution in [2.24, 2.45) is 50.2 Å². The molecule has 8 aliphatic rings. The lowest BCUT2D eigenvalue weighted by Gasteiger charge is -2.73. The summed E-state index contributed by atoms with van der Waals surface area (Å²) >= 11 is 0. The summed E-state index contributed by atoms with van der Waals surface area (Å²) in [5.41, 5.74) is -4.51. The van der Waals surface area contributed by atoms with Crippen LogP contribution in [0, 0.1) is 50.2 Å². The van der Waals surface area contributed by atoms with Gasteiger partial charge in [-0.15, -0.1) is 0 Å². The van der Waals surface area contributed by atoms with Gasteiger partial charge in [0.25, 0.3) is 0 Å². The quantitative estimate of drug-likeness (QED) is 0.0498. The first-order valence-corrected chi connectivity index (χ1v) is 27.0. The second-order valence-corrected chi connectivity index (χ2v) is 25.3. The number of carboxylic acids is 1. The summed E-state index contributed by atoms with van der Waals surface area (Å²) in [6.45, 7) is 16.6. The number of hydrogen-bond acceptors (Lipinski definition) is 22. The lowest BCUT2D eigenvalue weighted by molar-refractivity contribution is -0.392. The van der Waals surface area contributed by atoms with Crippen LogP contribution in [0.1, 0.15) is 108 Å². The molecule has 0 radical (unpaired) electrons. The number of carboxylic acid groups (broad SMARTS) is 1. The molecule has 26 atom stereocenters. The largest absolute Gasteiger partial charge is 0.479 e. The van der Waals surface area contributed by atoms with Gasteiger partial charge in [0.15, 0.2) is 31.1 Å². The molecular formula is C54H84O23. The molecule has 0 unspecified atom stereocenters. The fourth-order valence-corrected chi connectivity index (χ4v) is 16.0. The molecule has 3 saturated heterocycles. The summed E-state index contributed by atoms with van der Waals surface area (Å²) in [5.74, 6) is -3.95. The zero-order valence-electron chi connectivity index (χ0n) is 45.6. The van der Waals surface area contributed by atoms with E-state index in [1.165, 1.54) is 6.92 Å². The highest BCUT2D eigenvalue weighted by Crippen LogP contribution is 2.76. The van der Waals surface area contributed by atoms with E-state index in [0.717, 1.165) is 5.57 Å². The molecule has 23 nitrogen and oxygen atoms in total. The molecule has 0 spiro atoms. The van der Waals surface area contributed by atoms with Gasteiger partial charge in [-0.1, -0.05) is 66.2 Å². The monoisotopic (exact) mass is 1100 g/mol. The Hall–Kier alpha value is -2.79. The highest BCUT2D eigenvalue weighted by molar-refractivity contribution is 5.87. The standard InChI is InChI=1S/C54H84O23/c1-11-22(2)45(69)77-42-43(71-23(3)57)54(21-56)25(18-49(42,4)5)24-12-13-29-51(8)16-15-30(50(6,7)28(51)14-17-52(29,9)53(24,10)40(65)41(54)66)73-48-39(76-47-35(63)33(61)32(60)27(19-55)72-47)37(36(64)38(75-48)44(67)68)74-46-34(62)31(59)26(58)20-70-46/h11-12,25-43,46-48,55-56,58-66H,13-21H2,1-10H3,(H,67,68)/b22-11-/t25-,26-,27+,28-,29+,30-,31-,32+,33-,34+,35+,36-,37-,38-,39+,40-,41+,42-,43-,46-,47-,48+,51-,52+,53-,54-/m0/s1. The average molecular weight is 1100 g/mol. The molecule has 7 fully saturated rings. The van der Waals surface area contributed by atoms with Crippen molar-refractivity contribution >= 4 is 17.9 Å². The van der Waals surface area contributed by atoms with Crippen LogP contribution in [-0.4, -0.2) is 216 Å². The SMILES string of the molecule is C/C=C(/C)C(=O)O[C@H]1[C@H](OC(C)=O)[C@]2(CO)[C@H](O)[C@H](O)[C@]3(C)C(=CC[C@@H]4[C@@]5(C)CC[C@H](O[C@@H]6O[C@H](C(=O)O)[C@@H](O)[C@H](O[C@@H]7OC[C@H](O)[C@H](O)[C@H]7O)[C@H]6O[C@@H]6O[C@H](CO)[C@@H](O)[C@H](O)[C@H]6O)C(C)(C)[C@@H]5CC[C@]43C)[C@@H]2CC1(C)C. The van der Waals surface area contributed by atoms with Gasteiger partial charge in [0, 0.05) is 23.3 Å². The van der Waals surface area contributed by atoms with Gasteiger partial charge in [0.05, 0.1) is 43.5 Å². The molecule has 12 N–H and O–H groups in total. The Kier molecular flexibility index (Phi) is 16.8. The van der Waals surface area contributed by atoms with Gasteiger partial charge >= 0.3 is 17.9 Å². The van der Waals surface area contributed by atoms with Crippen molar-refractivity contribution in [2.45, 2.75) is 224 Å². The molecule has 0 aromatic carbocycles. The Bertz CT molecular complexity index is 2250. The van der Waals surface area contributed by atoms with Gasteiger partial charge < -0.3 is 99.2 Å². The highest BCUT2D eigenvalue weighted by Gasteiger charge is 2.76. The van der Waals surface area contributed by atoms with E-state index in [1.807, 2.05) is 34.6 Å². The second-order valence-electron chi connectivity index (χ2n) is 25.3. The molecule has 5 aliphatic carbocycles. The molecule has 4 saturated carbocycles. The van der Waals surface area contributed by atoms with Gasteiger partial charge in [-0.3, -0.25) is 4.79 Å². The average Bonchev–Trinajstić information content (AvgIpc) is 3.40. The van der Waals surface area contributed by atoms with Gasteiger partial charge in [0.2, 0.25) is 0 Å². The summed E-state index contributed by atoms with van der Waals surface area (Å²) in [5, 5.41) is 134. The second kappa shape index (κ2) is 21.5. The number of carbonyl (C=O) groups is 3. The van der Waals surface area contributed by atoms with Crippen LogP contribution in [0.25, 0.3) is 0 Å². The minimum absolute atomic E-state index is 0.141. The van der Waals surface area contributed by atoms with Crippen molar-refractivity contribution in [3.63, 3.8) is 0 Å². The lowest BCUT2D eigenvalue weighted by atomic mass is 9.32. The van der Waals surface area contributed by atoms with Crippen molar-refractivity contribution in [3.8, 4) is 0 Å². The van der Waals surface area contributed by atoms with Crippen LogP contribution in [-0.2, 0) is 52.3 Å². The molecule has 0 amide bonds. The van der Waals surface area contributed by atoms with E-state index < -0.39 is 193 Å². The van der Waals surface area contributed by atoms with Crippen molar-refractivity contribution in [2.75, 3.05) is 19.8 Å². The van der Waals surface area contributed by atoms with Crippen molar-refractivity contribution in [1.29, 1.82) is 0 Å². The molecule has 3 heterocycles. The number of hydrogen-bond donors (Lipinski definition) is 12. The highest BCUT2D eigenvalue weighted by atomic mass is 16.8. The van der Waals surface area contributed by atoms with Gasteiger partial charge in [0.1, 0.15) is 67.1 Å². The normalized spacial score (nSPS) is 50.4. The number of carbonyl (C=O) groups excluding carboxylic acids is 2. The number of rotatable bonds is 12. The number of aliphatic hydroxyl groups is 11. The van der Waals surface area contributed by atoms with E-state index in [9.17, 15) is 75.7 Å². The molecule has 3 aliphatic heterocycles. The first kappa shape index (κ1) is 60.3. The molecule has 8 rings (SSSR count). The number of allylic oxidation sites excluding steroid dienone is 2. The predicted octanol–water partition coefficient (Wildman–Crippen LogP) is -0.684. The van der Waals surface area contributed by atoms with Gasteiger partial charge in [-0.05, 0) is 86.4 Å². The minimum Gasteiger partial charge on any atom is -0.479 e. The minimum atomic E-state index is -2.12. The van der Waals surface area contributed by atoms with Crippen LogP contribution >= 0.6 is 0 Å². The van der Waals surface area contributed by atoms with E-state index in [4.69, 9.17) is 37.9 Å². The predicted molar refractivity (Wildman–Crippen MR) is 263 cm³/mol. The topological polar surface area (TPSA) is 368 Å². The summed E-state index contributed by atoms with van der Waals surface area (Å²) < 4.78 is 48.5. The Morgan fingerprint density at radius 1 is 0.714 bits per heavy atom. The fraction of sp³-hybridized carbons (Fsp3) is 0.870. The van der Waals surface area contributed by atoms with Crippen LogP contribution in [0.5, 0.6) is 0 Å². The van der Waals surface area contributed by atoms with Crippen molar-refractivity contribution < 1.29 is 114 Å². The Morgan fingerprint density at radius 3 is 1.97 bits per heavy atom. The van der Waals surface area contributed by atoms with Crippen LogP contribution in [0.15, 0.2) is 23.3 Å². The third kappa shape index (κ3) is 9.45. The third-order valence-corrected chi connectivity index (χ3v) is 20.6. The summed E-state index contributed by atoms with van der Waals surface area (Å²) in [7, 11) is 0. The van der Waals surface area contributed by atoms with E-state index in [-0.39, 0.29) is 11.8 Å². The Balaban J connectivity index is 1.13. The smallest absolute Gasteiger partial charge is 0.335 e. The van der Waals surface area contributed by atoms with E-state index in [1.54, 1.807) is 19.9 Å². The number of esters is 2. The van der Waals surface area contributed by atoms with E-state index >= 15 is 0 Å². The molecule has 0 bridgehead atoms. The van der Waals surface area contributed by atoms with Gasteiger partial charge in [-0.2, -0.15) is 0 Å². The zero-order chi connectivity index (χ0) is 57.0. The van der Waals surface area contributed by atoms with Crippen molar-refractivity contribution in [3.05, 3.63) is 23.3 Å². The molecular weight excluding hydrogens is 1020 g/mol. The maximum absolute atomic E-state index is 13.4. The maximum atomic E-state index is 13.4. The molecule has 0 aromatic heterocycles. The summed E-state index contributed by atoms with van der Waals surface area (Å²) in [4.78, 5) is 39.3. The first-order chi connectivity index (χ1) is 35.8. The summed E-state index contributed by atoms with van der Waals surface area (Å²) in [6, 6.07) is 0. The summed E-state index contributed by atoms with van der Waals surface area (Å²) in [6.07, 6.45) is -25.7. The molecule has 23 heteroatoms. The van der Waals surface area contributed by atoms with Crippen LogP contribution < -0.4 is 0 Å².